The maximum atomic E-state index is 5.51. The van der Waals surface area contributed by atoms with Crippen LogP contribution in [0.1, 0.15) is 62.8 Å². The van der Waals surface area contributed by atoms with Gasteiger partial charge in [-0.05, 0) is 45.3 Å². The van der Waals surface area contributed by atoms with Crippen molar-refractivity contribution in [3.05, 3.63) is 11.7 Å². The highest BCUT2D eigenvalue weighted by atomic mass is 16.5. The molecule has 2 atom stereocenters. The fourth-order valence-electron chi connectivity index (χ4n) is 3.08. The van der Waals surface area contributed by atoms with Gasteiger partial charge in [-0.25, -0.2) is 0 Å². The van der Waals surface area contributed by atoms with Crippen LogP contribution in [0.3, 0.4) is 0 Å². The highest BCUT2D eigenvalue weighted by molar-refractivity contribution is 5.00. The van der Waals surface area contributed by atoms with E-state index in [1.165, 1.54) is 19.3 Å². The van der Waals surface area contributed by atoms with E-state index < -0.39 is 0 Å². The van der Waals surface area contributed by atoms with E-state index in [-0.39, 0.29) is 0 Å². The van der Waals surface area contributed by atoms with Gasteiger partial charge in [0, 0.05) is 0 Å². The standard InChI is InChI=1S/C13H22N4O/c1-2-17-9-4-3-7-11(17)13-15-12(16-18-13)10-6-5-8-14-10/h10-11,14H,2-9H2,1H3. The van der Waals surface area contributed by atoms with Gasteiger partial charge in [-0.15, -0.1) is 0 Å². The van der Waals surface area contributed by atoms with Crippen molar-refractivity contribution in [1.82, 2.24) is 20.4 Å². The van der Waals surface area contributed by atoms with E-state index in [0.29, 0.717) is 12.1 Å². The van der Waals surface area contributed by atoms with Gasteiger partial charge >= 0.3 is 0 Å². The average Bonchev–Trinajstić information content (AvgIpc) is 3.09. The third kappa shape index (κ3) is 2.29. The zero-order valence-electron chi connectivity index (χ0n) is 11.1. The first-order valence-electron chi connectivity index (χ1n) is 7.19. The zero-order valence-corrected chi connectivity index (χ0v) is 11.1. The predicted octanol–water partition coefficient (Wildman–Crippen LogP) is 2.04. The summed E-state index contributed by atoms with van der Waals surface area (Å²) < 4.78 is 5.51. The van der Waals surface area contributed by atoms with E-state index in [9.17, 15) is 0 Å². The Morgan fingerprint density at radius 2 is 2.28 bits per heavy atom. The Morgan fingerprint density at radius 3 is 3.06 bits per heavy atom. The highest BCUT2D eigenvalue weighted by Crippen LogP contribution is 2.30. The van der Waals surface area contributed by atoms with Crippen molar-refractivity contribution in [2.24, 2.45) is 0 Å². The maximum absolute atomic E-state index is 5.51. The van der Waals surface area contributed by atoms with Crippen LogP contribution in [0.25, 0.3) is 0 Å². The van der Waals surface area contributed by atoms with Crippen molar-refractivity contribution in [2.45, 2.75) is 51.1 Å². The SMILES string of the molecule is CCN1CCCCC1c1nc(C2CCCN2)no1. The molecular formula is C13H22N4O. The van der Waals surface area contributed by atoms with Gasteiger partial charge in [-0.3, -0.25) is 4.90 Å². The number of piperidine rings is 1. The lowest BCUT2D eigenvalue weighted by Gasteiger charge is -2.32. The molecule has 2 aliphatic heterocycles. The molecule has 100 valence electrons. The van der Waals surface area contributed by atoms with E-state index in [1.807, 2.05) is 0 Å². The monoisotopic (exact) mass is 250 g/mol. The molecule has 1 aromatic heterocycles. The fraction of sp³-hybridized carbons (Fsp3) is 0.846. The average molecular weight is 250 g/mol. The molecule has 2 aliphatic rings. The van der Waals surface area contributed by atoms with Crippen LogP contribution in [-0.2, 0) is 0 Å². The van der Waals surface area contributed by atoms with Crippen LogP contribution in [0, 0.1) is 0 Å². The number of nitrogens with zero attached hydrogens (tertiary/aromatic N) is 3. The Morgan fingerprint density at radius 1 is 1.33 bits per heavy atom. The molecule has 18 heavy (non-hydrogen) atoms. The lowest BCUT2D eigenvalue weighted by molar-refractivity contribution is 0.125. The van der Waals surface area contributed by atoms with Gasteiger partial charge in [0.25, 0.3) is 0 Å². The lowest BCUT2D eigenvalue weighted by Crippen LogP contribution is -2.33. The third-order valence-electron chi connectivity index (χ3n) is 4.13. The summed E-state index contributed by atoms with van der Waals surface area (Å²) in [4.78, 5) is 7.08. The van der Waals surface area contributed by atoms with Crippen LogP contribution in [0.4, 0.5) is 0 Å². The first-order valence-corrected chi connectivity index (χ1v) is 7.19. The van der Waals surface area contributed by atoms with Crippen LogP contribution in [0.15, 0.2) is 4.52 Å². The van der Waals surface area contributed by atoms with Crippen molar-refractivity contribution in [3.8, 4) is 0 Å². The Labute approximate surface area is 108 Å². The van der Waals surface area contributed by atoms with Crippen molar-refractivity contribution >= 4 is 0 Å². The minimum absolute atomic E-state index is 0.307. The maximum Gasteiger partial charge on any atom is 0.244 e. The van der Waals surface area contributed by atoms with Gasteiger partial charge in [-0.2, -0.15) is 4.98 Å². The van der Waals surface area contributed by atoms with Crippen LogP contribution in [-0.4, -0.2) is 34.7 Å². The molecule has 1 aromatic rings. The lowest BCUT2D eigenvalue weighted by atomic mass is 10.0. The fourth-order valence-corrected chi connectivity index (χ4v) is 3.08. The Hall–Kier alpha value is -0.940. The molecule has 0 spiro atoms. The van der Waals surface area contributed by atoms with Crippen LogP contribution < -0.4 is 5.32 Å². The van der Waals surface area contributed by atoms with Crippen LogP contribution in [0.5, 0.6) is 0 Å². The van der Waals surface area contributed by atoms with Crippen molar-refractivity contribution < 1.29 is 4.52 Å². The molecule has 0 aliphatic carbocycles. The third-order valence-corrected chi connectivity index (χ3v) is 4.13. The molecule has 3 heterocycles. The van der Waals surface area contributed by atoms with Crippen LogP contribution in [0.2, 0.25) is 0 Å². The number of hydrogen-bond donors (Lipinski definition) is 1. The molecule has 0 saturated carbocycles. The van der Waals surface area contributed by atoms with Gasteiger partial charge < -0.3 is 9.84 Å². The van der Waals surface area contributed by atoms with Crippen molar-refractivity contribution in [3.63, 3.8) is 0 Å². The molecule has 0 bridgehead atoms. The number of likely N-dealkylation sites (tertiary alicyclic amines) is 1. The molecule has 2 fully saturated rings. The first kappa shape index (κ1) is 12.1. The molecule has 0 aromatic carbocycles. The Kier molecular flexibility index (Phi) is 3.61. The predicted molar refractivity (Wildman–Crippen MR) is 68.1 cm³/mol. The number of aromatic nitrogens is 2. The Balaban J connectivity index is 1.74. The van der Waals surface area contributed by atoms with Gasteiger partial charge in [0.2, 0.25) is 5.89 Å². The quantitative estimate of drug-likeness (QED) is 0.889. The summed E-state index contributed by atoms with van der Waals surface area (Å²) in [6.45, 7) is 5.48. The molecule has 2 unspecified atom stereocenters. The second kappa shape index (κ2) is 5.36. The normalized spacial score (nSPS) is 29.8. The molecule has 5 heteroatoms. The summed E-state index contributed by atoms with van der Waals surface area (Å²) in [5.74, 6) is 1.67. The molecule has 0 amide bonds. The van der Waals surface area contributed by atoms with Gasteiger partial charge in [0.15, 0.2) is 5.82 Å². The summed E-state index contributed by atoms with van der Waals surface area (Å²) in [5.41, 5.74) is 0. The smallest absolute Gasteiger partial charge is 0.244 e. The molecule has 2 saturated heterocycles. The van der Waals surface area contributed by atoms with E-state index in [2.05, 4.69) is 27.3 Å². The van der Waals surface area contributed by atoms with Gasteiger partial charge in [0.1, 0.15) is 0 Å². The number of rotatable bonds is 3. The van der Waals surface area contributed by atoms with E-state index in [4.69, 9.17) is 4.52 Å². The first-order chi connectivity index (χ1) is 8.88. The second-order valence-corrected chi connectivity index (χ2v) is 5.28. The zero-order chi connectivity index (χ0) is 12.4. The molecule has 5 nitrogen and oxygen atoms in total. The minimum Gasteiger partial charge on any atom is -0.338 e. The Bertz CT molecular complexity index is 386. The highest BCUT2D eigenvalue weighted by Gasteiger charge is 2.29. The van der Waals surface area contributed by atoms with E-state index in [0.717, 1.165) is 44.2 Å². The molecule has 1 N–H and O–H groups in total. The van der Waals surface area contributed by atoms with E-state index >= 15 is 0 Å². The summed E-state index contributed by atoms with van der Waals surface area (Å²) in [6.07, 6.45) is 6.03. The summed E-state index contributed by atoms with van der Waals surface area (Å²) in [7, 11) is 0. The molecule has 3 rings (SSSR count). The summed E-state index contributed by atoms with van der Waals surface area (Å²) >= 11 is 0. The largest absolute Gasteiger partial charge is 0.338 e. The van der Waals surface area contributed by atoms with Crippen LogP contribution >= 0.6 is 0 Å². The topological polar surface area (TPSA) is 54.2 Å². The second-order valence-electron chi connectivity index (χ2n) is 5.28. The van der Waals surface area contributed by atoms with E-state index in [1.54, 1.807) is 0 Å². The van der Waals surface area contributed by atoms with Gasteiger partial charge in [0.05, 0.1) is 12.1 Å². The minimum atomic E-state index is 0.307. The van der Waals surface area contributed by atoms with Crippen molar-refractivity contribution in [1.29, 1.82) is 0 Å². The number of hydrogen-bond acceptors (Lipinski definition) is 5. The van der Waals surface area contributed by atoms with Crippen molar-refractivity contribution in [2.75, 3.05) is 19.6 Å². The number of nitrogens with one attached hydrogen (secondary N) is 1. The van der Waals surface area contributed by atoms with Gasteiger partial charge in [-0.1, -0.05) is 18.5 Å². The summed E-state index contributed by atoms with van der Waals surface area (Å²) in [5, 5.41) is 7.58. The summed E-state index contributed by atoms with van der Waals surface area (Å²) in [6, 6.07) is 0.646. The molecular weight excluding hydrogens is 228 g/mol. The molecule has 0 radical (unpaired) electrons.